The van der Waals surface area contributed by atoms with E-state index in [-0.39, 0.29) is 11.9 Å². The Morgan fingerprint density at radius 2 is 1.88 bits per heavy atom. The van der Waals surface area contributed by atoms with E-state index in [2.05, 4.69) is 23.4 Å². The van der Waals surface area contributed by atoms with Crippen molar-refractivity contribution in [3.63, 3.8) is 0 Å². The molecule has 4 rings (SSSR count). The highest BCUT2D eigenvalue weighted by Crippen LogP contribution is 2.31. The summed E-state index contributed by atoms with van der Waals surface area (Å²) in [7, 11) is 2.15. The molecule has 132 valence electrons. The number of hydrazine groups is 1. The van der Waals surface area contributed by atoms with Gasteiger partial charge < -0.3 is 4.90 Å². The second kappa shape index (κ2) is 6.75. The topological polar surface area (TPSA) is 38.7 Å². The molecule has 1 unspecified atom stereocenters. The Labute approximate surface area is 147 Å². The predicted octanol–water partition coefficient (Wildman–Crippen LogP) is 3.33. The van der Waals surface area contributed by atoms with E-state index in [1.807, 2.05) is 24.4 Å². The van der Waals surface area contributed by atoms with Gasteiger partial charge in [0.15, 0.2) is 0 Å². The van der Waals surface area contributed by atoms with Crippen molar-refractivity contribution in [2.75, 3.05) is 20.1 Å². The molecule has 4 nitrogen and oxygen atoms in total. The molecule has 2 aromatic rings. The Kier molecular flexibility index (Phi) is 4.46. The van der Waals surface area contributed by atoms with Crippen LogP contribution in [-0.4, -0.2) is 41.5 Å². The number of hydroxylamine groups is 1. The molecule has 0 saturated carbocycles. The smallest absolute Gasteiger partial charge is 0.123 e. The zero-order valence-electron chi connectivity index (χ0n) is 14.5. The highest BCUT2D eigenvalue weighted by Gasteiger charge is 2.31. The minimum absolute atomic E-state index is 0.0874. The molecule has 0 radical (unpaired) electrons. The van der Waals surface area contributed by atoms with Crippen molar-refractivity contribution in [3.8, 4) is 0 Å². The lowest BCUT2D eigenvalue weighted by Gasteiger charge is -2.31. The number of hydrogen-bond acceptors (Lipinski definition) is 4. The van der Waals surface area contributed by atoms with Gasteiger partial charge in [0.1, 0.15) is 5.82 Å². The van der Waals surface area contributed by atoms with Crippen molar-refractivity contribution < 1.29 is 9.60 Å². The fraction of sp³-hybridized carbons (Fsp3) is 0.400. The van der Waals surface area contributed by atoms with Crippen LogP contribution in [0.3, 0.4) is 0 Å². The number of nitrogens with one attached hydrogen (secondary N) is 1. The lowest BCUT2D eigenvalue weighted by molar-refractivity contribution is -0.0839. The van der Waals surface area contributed by atoms with Gasteiger partial charge in [0.25, 0.3) is 0 Å². The normalized spacial score (nSPS) is 22.6. The summed E-state index contributed by atoms with van der Waals surface area (Å²) >= 11 is 0. The van der Waals surface area contributed by atoms with E-state index in [1.54, 1.807) is 6.07 Å². The number of rotatable bonds is 3. The van der Waals surface area contributed by atoms with Crippen LogP contribution >= 0.6 is 0 Å². The number of hydrogen-bond donors (Lipinski definition) is 2. The molecule has 0 bridgehead atoms. The molecule has 5 heteroatoms. The Morgan fingerprint density at radius 3 is 2.68 bits per heavy atom. The molecule has 1 atom stereocenters. The first-order valence-electron chi connectivity index (χ1n) is 8.91. The summed E-state index contributed by atoms with van der Waals surface area (Å²) in [5, 5.41) is 13.0. The van der Waals surface area contributed by atoms with Crippen LogP contribution in [0.15, 0.2) is 48.2 Å². The van der Waals surface area contributed by atoms with Gasteiger partial charge in [0.05, 0.1) is 6.04 Å². The molecular weight excluding hydrogens is 317 g/mol. The molecule has 0 amide bonds. The predicted molar refractivity (Wildman–Crippen MR) is 96.5 cm³/mol. The fourth-order valence-corrected chi connectivity index (χ4v) is 4.03. The number of piperidine rings is 1. The third kappa shape index (κ3) is 3.54. The lowest BCUT2D eigenvalue weighted by atomic mass is 9.84. The first-order valence-corrected chi connectivity index (χ1v) is 8.91. The van der Waals surface area contributed by atoms with Crippen LogP contribution in [0.4, 0.5) is 4.39 Å². The van der Waals surface area contributed by atoms with Gasteiger partial charge in [-0.1, -0.05) is 24.3 Å². The number of fused-ring (bicyclic) bond motifs is 1. The van der Waals surface area contributed by atoms with Crippen molar-refractivity contribution in [3.05, 3.63) is 59.6 Å². The molecule has 2 aliphatic rings. The number of likely N-dealkylation sites (tertiary alicyclic amines) is 1. The van der Waals surface area contributed by atoms with Crippen molar-refractivity contribution in [2.45, 2.75) is 25.3 Å². The summed E-state index contributed by atoms with van der Waals surface area (Å²) in [4.78, 5) is 2.35. The first-order chi connectivity index (χ1) is 12.1. The van der Waals surface area contributed by atoms with Crippen LogP contribution in [0.5, 0.6) is 0 Å². The molecule has 2 aromatic carbocycles. The second-order valence-electron chi connectivity index (χ2n) is 7.26. The van der Waals surface area contributed by atoms with Crippen LogP contribution in [0, 0.1) is 11.7 Å². The highest BCUT2D eigenvalue weighted by atomic mass is 19.1. The van der Waals surface area contributed by atoms with Gasteiger partial charge in [-0.15, -0.1) is 0 Å². The van der Waals surface area contributed by atoms with Gasteiger partial charge in [-0.2, -0.15) is 5.17 Å². The number of benzene rings is 2. The van der Waals surface area contributed by atoms with E-state index in [0.717, 1.165) is 53.9 Å². The van der Waals surface area contributed by atoms with Gasteiger partial charge in [0, 0.05) is 6.20 Å². The summed E-state index contributed by atoms with van der Waals surface area (Å²) in [6.45, 7) is 2.19. The van der Waals surface area contributed by atoms with Crippen molar-refractivity contribution in [1.82, 2.24) is 15.5 Å². The molecule has 2 heterocycles. The molecule has 2 aliphatic heterocycles. The lowest BCUT2D eigenvalue weighted by Crippen LogP contribution is -2.38. The maximum absolute atomic E-state index is 13.5. The Morgan fingerprint density at radius 1 is 1.12 bits per heavy atom. The summed E-state index contributed by atoms with van der Waals surface area (Å²) < 4.78 is 13.5. The quantitative estimate of drug-likeness (QED) is 0.898. The summed E-state index contributed by atoms with van der Waals surface area (Å²) in [6.07, 6.45) is 4.86. The standard InChI is InChI=1S/C20H24FN3O/c1-23-8-6-16(7-9-23)19-13-24(25)22-20(19)11-14-2-3-15-4-5-18(21)12-17(15)10-14/h2-5,10,12-13,16,20,22,25H,6-9,11H2,1H3. The van der Waals surface area contributed by atoms with Crippen LogP contribution in [0.2, 0.25) is 0 Å². The zero-order valence-corrected chi connectivity index (χ0v) is 14.5. The first kappa shape index (κ1) is 16.5. The van der Waals surface area contributed by atoms with E-state index in [4.69, 9.17) is 0 Å². The monoisotopic (exact) mass is 341 g/mol. The summed E-state index contributed by atoms with van der Waals surface area (Å²) in [6, 6.07) is 11.1. The van der Waals surface area contributed by atoms with Gasteiger partial charge in [0.2, 0.25) is 0 Å². The molecule has 0 aliphatic carbocycles. The Hall–Kier alpha value is -1.95. The Balaban J connectivity index is 1.54. The van der Waals surface area contributed by atoms with Crippen molar-refractivity contribution in [1.29, 1.82) is 0 Å². The second-order valence-corrected chi connectivity index (χ2v) is 7.26. The maximum Gasteiger partial charge on any atom is 0.123 e. The molecule has 1 fully saturated rings. The SMILES string of the molecule is CN1CCC(C2=CN(O)NC2Cc2ccc3ccc(F)cc3c2)CC1. The molecule has 0 spiro atoms. The zero-order chi connectivity index (χ0) is 17.4. The maximum atomic E-state index is 13.5. The van der Waals surface area contributed by atoms with Gasteiger partial charge >= 0.3 is 0 Å². The Bertz CT molecular complexity index is 799. The average molecular weight is 341 g/mol. The summed E-state index contributed by atoms with van der Waals surface area (Å²) in [5.74, 6) is 0.292. The molecule has 0 aromatic heterocycles. The highest BCUT2D eigenvalue weighted by molar-refractivity contribution is 5.83. The van der Waals surface area contributed by atoms with Crippen LogP contribution in [0.1, 0.15) is 18.4 Å². The molecular formula is C20H24FN3O. The molecule has 1 saturated heterocycles. The van der Waals surface area contributed by atoms with Crippen molar-refractivity contribution >= 4 is 10.8 Å². The van der Waals surface area contributed by atoms with Gasteiger partial charge in [-0.25, -0.2) is 9.82 Å². The largest absolute Gasteiger partial charge is 0.306 e. The van der Waals surface area contributed by atoms with E-state index < -0.39 is 0 Å². The van der Waals surface area contributed by atoms with Crippen molar-refractivity contribution in [2.24, 2.45) is 5.92 Å². The van der Waals surface area contributed by atoms with E-state index >= 15 is 0 Å². The van der Waals surface area contributed by atoms with Crippen LogP contribution in [-0.2, 0) is 6.42 Å². The van der Waals surface area contributed by atoms with Crippen LogP contribution in [0.25, 0.3) is 10.8 Å². The number of halogens is 1. The third-order valence-electron chi connectivity index (χ3n) is 5.46. The fourth-order valence-electron chi connectivity index (χ4n) is 4.03. The molecule has 25 heavy (non-hydrogen) atoms. The third-order valence-corrected chi connectivity index (χ3v) is 5.46. The van der Waals surface area contributed by atoms with Gasteiger partial charge in [-0.05, 0) is 79.4 Å². The van der Waals surface area contributed by atoms with Crippen LogP contribution < -0.4 is 5.43 Å². The van der Waals surface area contributed by atoms with E-state index in [0.29, 0.717) is 5.92 Å². The van der Waals surface area contributed by atoms with Gasteiger partial charge in [-0.3, -0.25) is 5.21 Å². The molecule has 2 N–H and O–H groups in total. The van der Waals surface area contributed by atoms with E-state index in [9.17, 15) is 9.60 Å². The minimum Gasteiger partial charge on any atom is -0.306 e. The minimum atomic E-state index is -0.211. The number of nitrogens with zero attached hydrogens (tertiary/aromatic N) is 2. The average Bonchev–Trinajstić information content (AvgIpc) is 2.95. The van der Waals surface area contributed by atoms with E-state index in [1.165, 1.54) is 11.6 Å². The summed E-state index contributed by atoms with van der Waals surface area (Å²) in [5.41, 5.74) is 5.55.